The molecule has 9 heavy (non-hydrogen) atoms. The molecule has 0 saturated carbocycles. The molecule has 2 heteroatoms. The Balaban J connectivity index is 2.29. The Labute approximate surface area is 53.5 Å². The predicted octanol–water partition coefficient (Wildman–Crippen LogP) is 1.15. The molecule has 2 nitrogen and oxygen atoms in total. The van der Waals surface area contributed by atoms with Gasteiger partial charge in [-0.2, -0.15) is 0 Å². The Bertz CT molecular complexity index is 193. The summed E-state index contributed by atoms with van der Waals surface area (Å²) in [7, 11) is 0. The van der Waals surface area contributed by atoms with Crippen LogP contribution in [0.3, 0.4) is 0 Å². The summed E-state index contributed by atoms with van der Waals surface area (Å²) in [6, 6.07) is 5.87. The van der Waals surface area contributed by atoms with Gasteiger partial charge >= 0.3 is 0 Å². The van der Waals surface area contributed by atoms with Crippen LogP contribution in [-0.2, 0) is 4.74 Å². The highest BCUT2D eigenvalue weighted by molar-refractivity contribution is 5.09. The van der Waals surface area contributed by atoms with Gasteiger partial charge in [0.25, 0.3) is 0 Å². The van der Waals surface area contributed by atoms with Crippen molar-refractivity contribution in [3.05, 3.63) is 30.1 Å². The van der Waals surface area contributed by atoms with Gasteiger partial charge in [-0.25, -0.2) is 0 Å². The second-order valence-corrected chi connectivity index (χ2v) is 2.08. The van der Waals surface area contributed by atoms with E-state index in [2.05, 4.69) is 4.98 Å². The average Bonchev–Trinajstić information content (AvgIpc) is 2.71. The molecule has 1 aliphatic rings. The topological polar surface area (TPSA) is 25.4 Å². The summed E-state index contributed by atoms with van der Waals surface area (Å²) >= 11 is 0. The van der Waals surface area contributed by atoms with Crippen LogP contribution in [0.5, 0.6) is 0 Å². The molecule has 0 amide bonds. The molecular weight excluding hydrogens is 114 g/mol. The maximum absolute atomic E-state index is 5.03. The van der Waals surface area contributed by atoms with Gasteiger partial charge in [-0.15, -0.1) is 0 Å². The zero-order valence-corrected chi connectivity index (χ0v) is 4.95. The highest BCUT2D eigenvalue weighted by Crippen LogP contribution is 2.26. The third kappa shape index (κ3) is 0.933. The van der Waals surface area contributed by atoms with Gasteiger partial charge in [0.05, 0.1) is 12.3 Å². The molecular formula is C7H7NO. The average molecular weight is 121 g/mol. The molecule has 1 aromatic heterocycles. The quantitative estimate of drug-likeness (QED) is 0.521. The molecule has 2 heterocycles. The summed E-state index contributed by atoms with van der Waals surface area (Å²) in [6.07, 6.45) is 2.09. The molecule has 0 aliphatic carbocycles. The Morgan fingerprint density at radius 1 is 1.56 bits per heavy atom. The number of nitrogens with zero attached hydrogens (tertiary/aromatic N) is 1. The number of aromatic nitrogens is 1. The van der Waals surface area contributed by atoms with Gasteiger partial charge in [0.2, 0.25) is 0 Å². The lowest BCUT2D eigenvalue weighted by Gasteiger charge is -1.88. The first-order valence-electron chi connectivity index (χ1n) is 2.99. The summed E-state index contributed by atoms with van der Waals surface area (Å²) in [5, 5.41) is 0. The van der Waals surface area contributed by atoms with E-state index < -0.39 is 0 Å². The standard InChI is InChI=1S/C7H7NO/c1-2-4-8-6(3-1)7-5-9-7/h1-4,7H,5H2/t7-/m1/s1. The second-order valence-electron chi connectivity index (χ2n) is 2.08. The highest BCUT2D eigenvalue weighted by Gasteiger charge is 2.25. The largest absolute Gasteiger partial charge is 0.366 e. The van der Waals surface area contributed by atoms with Crippen LogP contribution in [0.25, 0.3) is 0 Å². The first-order valence-corrected chi connectivity index (χ1v) is 2.99. The van der Waals surface area contributed by atoms with Crippen molar-refractivity contribution < 1.29 is 4.74 Å². The molecule has 0 N–H and O–H groups in total. The van der Waals surface area contributed by atoms with Crippen LogP contribution in [0, 0.1) is 0 Å². The van der Waals surface area contributed by atoms with E-state index in [9.17, 15) is 0 Å². The van der Waals surface area contributed by atoms with Crippen LogP contribution < -0.4 is 0 Å². The Morgan fingerprint density at radius 2 is 2.44 bits per heavy atom. The number of epoxide rings is 1. The molecule has 1 atom stereocenters. The summed E-state index contributed by atoms with van der Waals surface area (Å²) < 4.78 is 5.03. The lowest BCUT2D eigenvalue weighted by atomic mass is 10.3. The first kappa shape index (κ1) is 4.94. The number of ether oxygens (including phenoxy) is 1. The van der Waals surface area contributed by atoms with Crippen molar-refractivity contribution in [1.82, 2.24) is 4.98 Å². The van der Waals surface area contributed by atoms with E-state index in [0.29, 0.717) is 6.10 Å². The van der Waals surface area contributed by atoms with E-state index in [-0.39, 0.29) is 0 Å². The zero-order chi connectivity index (χ0) is 6.10. The minimum Gasteiger partial charge on any atom is -0.366 e. The normalized spacial score (nSPS) is 23.8. The summed E-state index contributed by atoms with van der Waals surface area (Å²) in [5.41, 5.74) is 1.05. The molecule has 2 rings (SSSR count). The minimum atomic E-state index is 0.297. The van der Waals surface area contributed by atoms with Gasteiger partial charge in [-0.05, 0) is 12.1 Å². The fraction of sp³-hybridized carbons (Fsp3) is 0.286. The molecule has 0 unspecified atom stereocenters. The molecule has 1 aromatic rings. The van der Waals surface area contributed by atoms with Crippen LogP contribution in [0.15, 0.2) is 24.4 Å². The molecule has 0 radical (unpaired) electrons. The van der Waals surface area contributed by atoms with Gasteiger partial charge < -0.3 is 4.74 Å². The van der Waals surface area contributed by atoms with E-state index >= 15 is 0 Å². The third-order valence-electron chi connectivity index (χ3n) is 1.35. The number of hydrogen-bond acceptors (Lipinski definition) is 2. The van der Waals surface area contributed by atoms with Crippen LogP contribution in [0.2, 0.25) is 0 Å². The lowest BCUT2D eigenvalue weighted by Crippen LogP contribution is -1.82. The molecule has 1 aliphatic heterocycles. The van der Waals surface area contributed by atoms with E-state index in [1.165, 1.54) is 0 Å². The van der Waals surface area contributed by atoms with Crippen molar-refractivity contribution in [3.8, 4) is 0 Å². The lowest BCUT2D eigenvalue weighted by molar-refractivity contribution is 0.411. The van der Waals surface area contributed by atoms with Crippen LogP contribution >= 0.6 is 0 Å². The molecule has 1 fully saturated rings. The van der Waals surface area contributed by atoms with Crippen molar-refractivity contribution in [1.29, 1.82) is 0 Å². The summed E-state index contributed by atoms with van der Waals surface area (Å²) in [4.78, 5) is 4.12. The highest BCUT2D eigenvalue weighted by atomic mass is 16.6. The molecule has 1 saturated heterocycles. The minimum absolute atomic E-state index is 0.297. The van der Waals surface area contributed by atoms with Crippen molar-refractivity contribution >= 4 is 0 Å². The smallest absolute Gasteiger partial charge is 0.123 e. The van der Waals surface area contributed by atoms with Crippen LogP contribution in [0.4, 0.5) is 0 Å². The maximum atomic E-state index is 5.03. The van der Waals surface area contributed by atoms with Crippen LogP contribution in [-0.4, -0.2) is 11.6 Å². The Morgan fingerprint density at radius 3 is 3.00 bits per heavy atom. The predicted molar refractivity (Wildman–Crippen MR) is 32.9 cm³/mol. The number of rotatable bonds is 1. The first-order chi connectivity index (χ1) is 4.47. The second kappa shape index (κ2) is 1.81. The third-order valence-corrected chi connectivity index (χ3v) is 1.35. The zero-order valence-electron chi connectivity index (χ0n) is 4.95. The fourth-order valence-corrected chi connectivity index (χ4v) is 0.785. The Kier molecular flexibility index (Phi) is 0.993. The number of hydrogen-bond donors (Lipinski definition) is 0. The molecule has 0 aromatic carbocycles. The van der Waals surface area contributed by atoms with Crippen molar-refractivity contribution in [2.75, 3.05) is 6.61 Å². The van der Waals surface area contributed by atoms with Crippen molar-refractivity contribution in [2.24, 2.45) is 0 Å². The van der Waals surface area contributed by atoms with E-state index in [1.807, 2.05) is 18.2 Å². The van der Waals surface area contributed by atoms with Gasteiger partial charge in [-0.1, -0.05) is 6.07 Å². The van der Waals surface area contributed by atoms with Crippen LogP contribution in [0.1, 0.15) is 11.8 Å². The Hall–Kier alpha value is -0.890. The van der Waals surface area contributed by atoms with Gasteiger partial charge in [0, 0.05) is 6.20 Å². The monoisotopic (exact) mass is 121 g/mol. The number of pyridine rings is 1. The van der Waals surface area contributed by atoms with E-state index in [1.54, 1.807) is 6.20 Å². The summed E-state index contributed by atoms with van der Waals surface area (Å²) in [5.74, 6) is 0. The maximum Gasteiger partial charge on any atom is 0.123 e. The van der Waals surface area contributed by atoms with Crippen molar-refractivity contribution in [3.63, 3.8) is 0 Å². The molecule has 0 spiro atoms. The fourth-order valence-electron chi connectivity index (χ4n) is 0.785. The molecule has 46 valence electrons. The van der Waals surface area contributed by atoms with Gasteiger partial charge in [0.1, 0.15) is 6.10 Å². The summed E-state index contributed by atoms with van der Waals surface area (Å²) in [6.45, 7) is 0.844. The van der Waals surface area contributed by atoms with Gasteiger partial charge in [0.15, 0.2) is 0 Å². The molecule has 0 bridgehead atoms. The van der Waals surface area contributed by atoms with E-state index in [4.69, 9.17) is 4.74 Å². The SMILES string of the molecule is c1ccc([C@H]2CO2)nc1. The van der Waals surface area contributed by atoms with E-state index in [0.717, 1.165) is 12.3 Å². The van der Waals surface area contributed by atoms with Crippen molar-refractivity contribution in [2.45, 2.75) is 6.10 Å². The van der Waals surface area contributed by atoms with Gasteiger partial charge in [-0.3, -0.25) is 4.98 Å².